The minimum Gasteiger partial charge on any atom is -0.409 e. The van der Waals surface area contributed by atoms with Gasteiger partial charge in [-0.3, -0.25) is 0 Å². The Morgan fingerprint density at radius 2 is 2.17 bits per heavy atom. The van der Waals surface area contributed by atoms with Crippen LogP contribution in [0.2, 0.25) is 0 Å². The summed E-state index contributed by atoms with van der Waals surface area (Å²) in [7, 11) is 0. The van der Waals surface area contributed by atoms with Crippen LogP contribution >= 0.6 is 0 Å². The van der Waals surface area contributed by atoms with E-state index < -0.39 is 12.3 Å². The molecule has 0 aliphatic carbocycles. The zero-order valence-electron chi connectivity index (χ0n) is 9.61. The van der Waals surface area contributed by atoms with E-state index in [1.807, 2.05) is 0 Å². The van der Waals surface area contributed by atoms with E-state index in [2.05, 4.69) is 5.16 Å². The predicted octanol–water partition coefficient (Wildman–Crippen LogP) is 2.25. The third-order valence-electron chi connectivity index (χ3n) is 2.29. The number of nitrogens with two attached hydrogens (primary N) is 1. The molecule has 18 heavy (non-hydrogen) atoms. The van der Waals surface area contributed by atoms with Gasteiger partial charge in [0.2, 0.25) is 0 Å². The van der Waals surface area contributed by atoms with Crippen molar-refractivity contribution in [1.29, 1.82) is 0 Å². The zero-order chi connectivity index (χ0) is 13.8. The Morgan fingerprint density at radius 1 is 1.50 bits per heavy atom. The molecule has 0 aliphatic rings. The van der Waals surface area contributed by atoms with Gasteiger partial charge in [-0.25, -0.2) is 0 Å². The molecule has 0 heterocycles. The Morgan fingerprint density at radius 3 is 2.72 bits per heavy atom. The van der Waals surface area contributed by atoms with Crippen molar-refractivity contribution < 1.29 is 23.1 Å². The van der Waals surface area contributed by atoms with Crippen molar-refractivity contribution in [2.45, 2.75) is 25.8 Å². The number of halogens is 3. The molecule has 0 amide bonds. The van der Waals surface area contributed by atoms with Gasteiger partial charge in [0.15, 0.2) is 11.9 Å². The van der Waals surface area contributed by atoms with Gasteiger partial charge in [-0.2, -0.15) is 13.2 Å². The van der Waals surface area contributed by atoms with Gasteiger partial charge in [-0.05, 0) is 18.6 Å². The summed E-state index contributed by atoms with van der Waals surface area (Å²) >= 11 is 0. The molecule has 0 saturated heterocycles. The first-order valence-electron chi connectivity index (χ1n) is 5.09. The van der Waals surface area contributed by atoms with E-state index in [-0.39, 0.29) is 12.4 Å². The number of rotatable bonds is 4. The Labute approximate surface area is 102 Å². The lowest BCUT2D eigenvalue weighted by molar-refractivity contribution is -0.217. The number of benzene rings is 1. The van der Waals surface area contributed by atoms with Gasteiger partial charge in [0.25, 0.3) is 0 Å². The average molecular weight is 262 g/mol. The molecule has 0 spiro atoms. The van der Waals surface area contributed by atoms with Crippen LogP contribution < -0.4 is 5.73 Å². The summed E-state index contributed by atoms with van der Waals surface area (Å²) in [5.41, 5.74) is 6.29. The van der Waals surface area contributed by atoms with Crippen LogP contribution in [0, 0.1) is 0 Å². The fraction of sp³-hybridized carbons (Fsp3) is 0.364. The number of ether oxygens (including phenoxy) is 1. The molecule has 0 radical (unpaired) electrons. The van der Waals surface area contributed by atoms with Gasteiger partial charge in [-0.1, -0.05) is 23.4 Å². The molecule has 0 aromatic heterocycles. The molecule has 0 bridgehead atoms. The molecule has 0 saturated carbocycles. The summed E-state index contributed by atoms with van der Waals surface area (Å²) in [6.45, 7) is 0.737. The first-order valence-corrected chi connectivity index (χ1v) is 5.09. The lowest BCUT2D eigenvalue weighted by Crippen LogP contribution is -2.28. The van der Waals surface area contributed by atoms with Crippen LogP contribution in [0.15, 0.2) is 29.4 Å². The minimum atomic E-state index is -4.39. The smallest absolute Gasteiger partial charge is 0.409 e. The molecule has 3 N–H and O–H groups in total. The first kappa shape index (κ1) is 14.3. The minimum absolute atomic E-state index is 0.110. The molecular weight excluding hydrogens is 249 g/mol. The van der Waals surface area contributed by atoms with Crippen molar-refractivity contribution in [2.24, 2.45) is 10.9 Å². The maximum absolute atomic E-state index is 12.2. The second-order valence-corrected chi connectivity index (χ2v) is 3.68. The van der Waals surface area contributed by atoms with Gasteiger partial charge in [0.1, 0.15) is 0 Å². The van der Waals surface area contributed by atoms with Crippen molar-refractivity contribution in [3.8, 4) is 0 Å². The molecule has 1 atom stereocenters. The molecular formula is C11H13F3N2O2. The number of amidine groups is 1. The van der Waals surface area contributed by atoms with E-state index in [1.54, 1.807) is 18.2 Å². The quantitative estimate of drug-likeness (QED) is 0.378. The van der Waals surface area contributed by atoms with E-state index in [4.69, 9.17) is 15.7 Å². The van der Waals surface area contributed by atoms with Crippen LogP contribution in [0.1, 0.15) is 18.1 Å². The SMILES string of the molecule is CC(OCc1cccc(C(N)=NO)c1)C(F)(F)F. The van der Waals surface area contributed by atoms with Gasteiger partial charge in [0.05, 0.1) is 6.61 Å². The third kappa shape index (κ3) is 3.92. The van der Waals surface area contributed by atoms with Gasteiger partial charge in [-0.15, -0.1) is 0 Å². The van der Waals surface area contributed by atoms with Crippen LogP contribution in [0.3, 0.4) is 0 Å². The molecule has 1 aromatic carbocycles. The molecule has 0 aliphatic heterocycles. The van der Waals surface area contributed by atoms with Crippen molar-refractivity contribution >= 4 is 5.84 Å². The molecule has 100 valence electrons. The maximum atomic E-state index is 12.2. The first-order chi connectivity index (χ1) is 8.34. The van der Waals surface area contributed by atoms with E-state index in [0.717, 1.165) is 6.92 Å². The van der Waals surface area contributed by atoms with Crippen molar-refractivity contribution in [1.82, 2.24) is 0 Å². The van der Waals surface area contributed by atoms with E-state index in [0.29, 0.717) is 11.1 Å². The number of oxime groups is 1. The fourth-order valence-corrected chi connectivity index (χ4v) is 1.19. The van der Waals surface area contributed by atoms with Crippen LogP contribution in [0.25, 0.3) is 0 Å². The molecule has 0 fully saturated rings. The van der Waals surface area contributed by atoms with Crippen molar-refractivity contribution in [3.05, 3.63) is 35.4 Å². The highest BCUT2D eigenvalue weighted by Crippen LogP contribution is 2.23. The Balaban J connectivity index is 2.69. The number of alkyl halides is 3. The summed E-state index contributed by atoms with van der Waals surface area (Å²) < 4.78 is 41.3. The highest BCUT2D eigenvalue weighted by atomic mass is 19.4. The fourth-order valence-electron chi connectivity index (χ4n) is 1.19. The summed E-state index contributed by atoms with van der Waals surface area (Å²) in [4.78, 5) is 0. The maximum Gasteiger partial charge on any atom is 0.414 e. The largest absolute Gasteiger partial charge is 0.414 e. The summed E-state index contributed by atoms with van der Waals surface area (Å²) in [6.07, 6.45) is -6.23. The lowest BCUT2D eigenvalue weighted by atomic mass is 10.1. The number of nitrogens with zero attached hydrogens (tertiary/aromatic N) is 1. The Bertz CT molecular complexity index is 433. The Kier molecular flexibility index (Phi) is 4.55. The van der Waals surface area contributed by atoms with Crippen LogP contribution in [0.4, 0.5) is 13.2 Å². The zero-order valence-corrected chi connectivity index (χ0v) is 9.61. The normalized spacial score (nSPS) is 14.6. The van der Waals surface area contributed by atoms with Gasteiger partial charge < -0.3 is 15.7 Å². The monoisotopic (exact) mass is 262 g/mol. The number of hydrogen-bond donors (Lipinski definition) is 2. The van der Waals surface area contributed by atoms with Crippen LogP contribution in [0.5, 0.6) is 0 Å². The van der Waals surface area contributed by atoms with E-state index >= 15 is 0 Å². The van der Waals surface area contributed by atoms with Gasteiger partial charge in [0, 0.05) is 5.56 Å². The second-order valence-electron chi connectivity index (χ2n) is 3.68. The summed E-state index contributed by atoms with van der Waals surface area (Å²) in [6, 6.07) is 6.26. The predicted molar refractivity (Wildman–Crippen MR) is 59.3 cm³/mol. The van der Waals surface area contributed by atoms with Crippen molar-refractivity contribution in [2.75, 3.05) is 0 Å². The lowest BCUT2D eigenvalue weighted by Gasteiger charge is -2.16. The molecule has 7 heteroatoms. The Hall–Kier alpha value is -1.76. The molecule has 4 nitrogen and oxygen atoms in total. The summed E-state index contributed by atoms with van der Waals surface area (Å²) in [5, 5.41) is 11.3. The molecule has 1 aromatic rings. The molecule has 1 rings (SSSR count). The second kappa shape index (κ2) is 5.72. The highest BCUT2D eigenvalue weighted by Gasteiger charge is 2.36. The number of hydrogen-bond acceptors (Lipinski definition) is 3. The van der Waals surface area contributed by atoms with Gasteiger partial charge >= 0.3 is 6.18 Å². The molecule has 1 unspecified atom stereocenters. The van der Waals surface area contributed by atoms with Crippen molar-refractivity contribution in [3.63, 3.8) is 0 Å². The van der Waals surface area contributed by atoms with Crippen LogP contribution in [-0.4, -0.2) is 23.3 Å². The third-order valence-corrected chi connectivity index (χ3v) is 2.29. The topological polar surface area (TPSA) is 67.8 Å². The standard InChI is InChI=1S/C11H13F3N2O2/c1-7(11(12,13)14)18-6-8-3-2-4-9(5-8)10(15)16-17/h2-5,7,17H,6H2,1H3,(H2,15,16). The average Bonchev–Trinajstić information content (AvgIpc) is 2.34. The highest BCUT2D eigenvalue weighted by molar-refractivity contribution is 5.97. The van der Waals surface area contributed by atoms with Crippen LogP contribution in [-0.2, 0) is 11.3 Å². The van der Waals surface area contributed by atoms with E-state index in [9.17, 15) is 13.2 Å². The summed E-state index contributed by atoms with van der Waals surface area (Å²) in [5.74, 6) is -0.110. The van der Waals surface area contributed by atoms with E-state index in [1.165, 1.54) is 6.07 Å².